The Labute approximate surface area is 131 Å². The molecule has 22 heavy (non-hydrogen) atoms. The highest BCUT2D eigenvalue weighted by Crippen LogP contribution is 2.41. The summed E-state index contributed by atoms with van der Waals surface area (Å²) in [7, 11) is -3.60. The van der Waals surface area contributed by atoms with E-state index in [0.717, 1.165) is 6.08 Å². The topological polar surface area (TPSA) is 107 Å². The van der Waals surface area contributed by atoms with Crippen LogP contribution < -0.4 is 4.74 Å². The Kier molecular flexibility index (Phi) is 4.28. The number of benzene rings is 1. The van der Waals surface area contributed by atoms with Crippen LogP contribution in [0.2, 0.25) is 0 Å². The van der Waals surface area contributed by atoms with Crippen molar-refractivity contribution in [3.8, 4) is 5.75 Å². The summed E-state index contributed by atoms with van der Waals surface area (Å²) >= 11 is 5.86. The van der Waals surface area contributed by atoms with Crippen LogP contribution in [0.5, 0.6) is 5.75 Å². The van der Waals surface area contributed by atoms with Gasteiger partial charge in [-0.05, 0) is 17.7 Å². The van der Waals surface area contributed by atoms with Gasteiger partial charge in [0.05, 0.1) is 13.5 Å². The minimum Gasteiger partial charge on any atom is -0.496 e. The van der Waals surface area contributed by atoms with Crippen LogP contribution in [0.4, 0.5) is 0 Å². The van der Waals surface area contributed by atoms with Crippen molar-refractivity contribution in [1.82, 2.24) is 0 Å². The van der Waals surface area contributed by atoms with Gasteiger partial charge >= 0.3 is 15.0 Å². The lowest BCUT2D eigenvalue weighted by Crippen LogP contribution is -2.45. The van der Waals surface area contributed by atoms with Gasteiger partial charge in [-0.25, -0.2) is 0 Å². The monoisotopic (exact) mass is 345 g/mol. The van der Waals surface area contributed by atoms with Gasteiger partial charge < -0.3 is 4.74 Å². The molecule has 1 atom stereocenters. The number of nitro groups is 1. The molecule has 2 rings (SSSR count). The van der Waals surface area contributed by atoms with Crippen molar-refractivity contribution in [3.63, 3.8) is 0 Å². The maximum atomic E-state index is 11.6. The van der Waals surface area contributed by atoms with Gasteiger partial charge in [0.25, 0.3) is 0 Å². The second-order valence-electron chi connectivity index (χ2n) is 4.65. The Bertz CT molecular complexity index is 785. The summed E-state index contributed by atoms with van der Waals surface area (Å²) in [5.74, 6) is 0.410. The highest BCUT2D eigenvalue weighted by atomic mass is 35.5. The Morgan fingerprint density at radius 2 is 2.05 bits per heavy atom. The van der Waals surface area contributed by atoms with E-state index in [9.17, 15) is 23.1 Å². The average molecular weight is 346 g/mol. The fourth-order valence-electron chi connectivity index (χ4n) is 2.26. The lowest BCUT2D eigenvalue weighted by molar-refractivity contribution is -0.526. The number of para-hydroxylation sites is 1. The molecule has 1 N–H and O–H groups in total. The van der Waals surface area contributed by atoms with Crippen LogP contribution in [-0.2, 0) is 10.1 Å². The van der Waals surface area contributed by atoms with Gasteiger partial charge in [0.15, 0.2) is 0 Å². The molecule has 0 aliphatic heterocycles. The van der Waals surface area contributed by atoms with Crippen molar-refractivity contribution in [1.29, 1.82) is 0 Å². The number of allylic oxidation sites excluding steroid dienone is 2. The summed E-state index contributed by atoms with van der Waals surface area (Å²) < 4.78 is 37.7. The van der Waals surface area contributed by atoms with Crippen LogP contribution in [0.15, 0.2) is 41.4 Å². The van der Waals surface area contributed by atoms with Crippen molar-refractivity contribution < 1.29 is 22.6 Å². The molecule has 0 saturated heterocycles. The van der Waals surface area contributed by atoms with E-state index in [1.807, 2.05) is 0 Å². The Morgan fingerprint density at radius 3 is 2.59 bits per heavy atom. The maximum Gasteiger partial charge on any atom is 0.366 e. The first-order valence-electron chi connectivity index (χ1n) is 6.05. The minimum atomic E-state index is -5.02. The van der Waals surface area contributed by atoms with Crippen LogP contribution in [0, 0.1) is 10.1 Å². The molecule has 0 amide bonds. The molecule has 0 aromatic heterocycles. The number of ether oxygens (including phenoxy) is 1. The molecule has 1 aliphatic rings. The molecule has 9 heteroatoms. The summed E-state index contributed by atoms with van der Waals surface area (Å²) in [5, 5.41) is 11.2. The van der Waals surface area contributed by atoms with Crippen molar-refractivity contribution in [3.05, 3.63) is 57.1 Å². The van der Waals surface area contributed by atoms with E-state index in [2.05, 4.69) is 0 Å². The third-order valence-corrected chi connectivity index (χ3v) is 4.85. The first-order valence-corrected chi connectivity index (χ1v) is 7.87. The zero-order valence-corrected chi connectivity index (χ0v) is 13.0. The predicted molar refractivity (Wildman–Crippen MR) is 80.8 cm³/mol. The third-order valence-electron chi connectivity index (χ3n) is 3.33. The largest absolute Gasteiger partial charge is 0.496 e. The summed E-state index contributed by atoms with van der Waals surface area (Å²) in [4.78, 5) is 7.53. The molecule has 1 aliphatic carbocycles. The highest BCUT2D eigenvalue weighted by Gasteiger charge is 2.56. The molecule has 1 aromatic rings. The molecule has 0 radical (unpaired) electrons. The number of halogens is 1. The fraction of sp³-hybridized carbons (Fsp3) is 0.231. The number of nitrogens with zero attached hydrogens (tertiary/aromatic N) is 1. The molecular formula is C13H12ClNO6S. The molecule has 0 saturated carbocycles. The van der Waals surface area contributed by atoms with Gasteiger partial charge in [-0.3, -0.25) is 14.7 Å². The molecule has 0 heterocycles. The number of rotatable bonds is 4. The zero-order valence-electron chi connectivity index (χ0n) is 11.4. The molecule has 0 fully saturated rings. The molecule has 1 unspecified atom stereocenters. The average Bonchev–Trinajstić information content (AvgIpc) is 2.45. The van der Waals surface area contributed by atoms with E-state index < -0.39 is 26.3 Å². The van der Waals surface area contributed by atoms with Crippen molar-refractivity contribution in [2.24, 2.45) is 0 Å². The lowest BCUT2D eigenvalue weighted by atomic mass is 9.93. The summed E-state index contributed by atoms with van der Waals surface area (Å²) in [6.45, 7) is 0. The van der Waals surface area contributed by atoms with Crippen molar-refractivity contribution in [2.75, 3.05) is 7.11 Å². The Hall–Kier alpha value is -1.90. The highest BCUT2D eigenvalue weighted by molar-refractivity contribution is 7.87. The van der Waals surface area contributed by atoms with E-state index in [1.54, 1.807) is 24.3 Å². The van der Waals surface area contributed by atoms with Crippen LogP contribution in [0.3, 0.4) is 0 Å². The second kappa shape index (κ2) is 5.71. The molecule has 7 nitrogen and oxygen atoms in total. The first kappa shape index (κ1) is 16.5. The van der Waals surface area contributed by atoms with Crippen molar-refractivity contribution in [2.45, 2.75) is 11.3 Å². The van der Waals surface area contributed by atoms with Gasteiger partial charge in [0.2, 0.25) is 0 Å². The van der Waals surface area contributed by atoms with Crippen LogP contribution in [-0.4, -0.2) is 29.9 Å². The lowest BCUT2D eigenvalue weighted by Gasteiger charge is -2.24. The normalized spacial score (nSPS) is 21.8. The minimum absolute atomic E-state index is 0.151. The standard InChI is InChI=1S/C13H12ClNO6S/c1-21-12-5-3-2-4-11(12)9-6-10(14)8-13(7-9,15(16)17)22(18,19)20/h2-6,8H,7H2,1H3,(H,18,19,20). The van der Waals surface area contributed by atoms with E-state index >= 15 is 0 Å². The predicted octanol–water partition coefficient (Wildman–Crippen LogP) is 2.47. The number of hydrogen-bond donors (Lipinski definition) is 1. The third kappa shape index (κ3) is 2.72. The molecule has 118 valence electrons. The Balaban J connectivity index is 2.63. The van der Waals surface area contributed by atoms with Gasteiger partial charge in [0, 0.05) is 21.6 Å². The van der Waals surface area contributed by atoms with Crippen LogP contribution in [0.1, 0.15) is 12.0 Å². The fourth-order valence-corrected chi connectivity index (χ4v) is 3.44. The van der Waals surface area contributed by atoms with E-state index in [1.165, 1.54) is 13.2 Å². The number of methoxy groups -OCH3 is 1. The quantitative estimate of drug-likeness (QED) is 0.510. The molecule has 0 bridgehead atoms. The van der Waals surface area contributed by atoms with E-state index in [4.69, 9.17) is 16.3 Å². The summed E-state index contributed by atoms with van der Waals surface area (Å²) in [5.41, 5.74) is 0.741. The maximum absolute atomic E-state index is 11.6. The van der Waals surface area contributed by atoms with Crippen LogP contribution in [0.25, 0.3) is 5.57 Å². The van der Waals surface area contributed by atoms with Crippen LogP contribution >= 0.6 is 11.6 Å². The molecule has 0 spiro atoms. The number of hydrogen-bond acceptors (Lipinski definition) is 5. The van der Waals surface area contributed by atoms with Gasteiger partial charge in [-0.15, -0.1) is 0 Å². The van der Waals surface area contributed by atoms with Gasteiger partial charge in [-0.1, -0.05) is 29.8 Å². The van der Waals surface area contributed by atoms with E-state index in [-0.39, 0.29) is 10.6 Å². The Morgan fingerprint density at radius 1 is 1.41 bits per heavy atom. The summed E-state index contributed by atoms with van der Waals surface area (Å²) in [6, 6.07) is 6.62. The molecular weight excluding hydrogens is 334 g/mol. The van der Waals surface area contributed by atoms with E-state index in [0.29, 0.717) is 11.3 Å². The van der Waals surface area contributed by atoms with Crippen molar-refractivity contribution >= 4 is 27.3 Å². The first-order chi connectivity index (χ1) is 10.2. The van der Waals surface area contributed by atoms with Gasteiger partial charge in [0.1, 0.15) is 5.75 Å². The van der Waals surface area contributed by atoms with Gasteiger partial charge in [-0.2, -0.15) is 8.42 Å². The summed E-state index contributed by atoms with van der Waals surface area (Å²) in [6.07, 6.45) is 1.57. The smallest absolute Gasteiger partial charge is 0.366 e. The SMILES string of the molecule is COc1ccccc1C1=CC(Cl)=CC([N+](=O)[O-])(S(=O)(=O)O)C1. The zero-order chi connectivity index (χ0) is 16.5. The molecule has 1 aromatic carbocycles. The second-order valence-corrected chi connectivity index (χ2v) is 6.75.